The Balaban J connectivity index is 1.25. The highest BCUT2D eigenvalue weighted by Gasteiger charge is 2.45. The van der Waals surface area contributed by atoms with Gasteiger partial charge in [0.2, 0.25) is 11.8 Å². The van der Waals surface area contributed by atoms with Gasteiger partial charge in [-0.25, -0.2) is 0 Å². The quantitative estimate of drug-likeness (QED) is 0.246. The molecule has 4 rings (SSSR count). The van der Waals surface area contributed by atoms with E-state index in [1.54, 1.807) is 73.1 Å². The SMILES string of the molecule is CCN1C(=O)C(C)(C)C(=O)N(C)c2cc(OCCCc3cc(CNCCN(C)C(=O)c4ccccc4C#N)ccn3)ccc21. The number of nitrogens with zero attached hydrogens (tertiary/aromatic N) is 5. The monoisotopic (exact) mass is 596 g/mol. The van der Waals surface area contributed by atoms with Gasteiger partial charge in [0.1, 0.15) is 11.2 Å². The zero-order valence-corrected chi connectivity index (χ0v) is 26.1. The lowest BCUT2D eigenvalue weighted by Gasteiger charge is -2.27. The number of carbonyl (C=O) groups is 3. The summed E-state index contributed by atoms with van der Waals surface area (Å²) in [6.07, 6.45) is 3.28. The second-order valence-corrected chi connectivity index (χ2v) is 11.4. The maximum absolute atomic E-state index is 13.1. The molecule has 1 aliphatic heterocycles. The molecule has 230 valence electrons. The summed E-state index contributed by atoms with van der Waals surface area (Å²) in [6.45, 7) is 7.91. The topological polar surface area (TPSA) is 119 Å². The van der Waals surface area contributed by atoms with Crippen molar-refractivity contribution in [3.63, 3.8) is 0 Å². The summed E-state index contributed by atoms with van der Waals surface area (Å²) < 4.78 is 6.03. The van der Waals surface area contributed by atoms with Crippen LogP contribution in [0.1, 0.15) is 54.4 Å². The summed E-state index contributed by atoms with van der Waals surface area (Å²) in [6, 6.07) is 18.4. The van der Waals surface area contributed by atoms with E-state index in [1.807, 2.05) is 31.2 Å². The number of amides is 3. The fourth-order valence-electron chi connectivity index (χ4n) is 5.24. The van der Waals surface area contributed by atoms with Crippen molar-refractivity contribution in [3.05, 3.63) is 83.2 Å². The van der Waals surface area contributed by atoms with Crippen LogP contribution in [0.25, 0.3) is 0 Å². The Morgan fingerprint density at radius 2 is 1.86 bits per heavy atom. The van der Waals surface area contributed by atoms with Crippen LogP contribution in [0.5, 0.6) is 5.75 Å². The van der Waals surface area contributed by atoms with Gasteiger partial charge in [0, 0.05) is 58.2 Å². The molecule has 3 aromatic rings. The van der Waals surface area contributed by atoms with E-state index in [1.165, 1.54) is 0 Å². The number of carbonyl (C=O) groups excluding carboxylic acids is 3. The Morgan fingerprint density at radius 3 is 2.61 bits per heavy atom. The first kappa shape index (κ1) is 32.2. The molecular weight excluding hydrogens is 556 g/mol. The number of hydrogen-bond acceptors (Lipinski definition) is 7. The van der Waals surface area contributed by atoms with Crippen LogP contribution in [0.4, 0.5) is 11.4 Å². The summed E-state index contributed by atoms with van der Waals surface area (Å²) in [7, 11) is 3.43. The molecule has 0 fully saturated rings. The highest BCUT2D eigenvalue weighted by atomic mass is 16.5. The first-order chi connectivity index (χ1) is 21.1. The second kappa shape index (κ2) is 14.1. The Bertz CT molecular complexity index is 1560. The molecule has 0 saturated carbocycles. The number of hydrogen-bond donors (Lipinski definition) is 1. The third-order valence-corrected chi connectivity index (χ3v) is 7.84. The standard InChI is InChI=1S/C34H40N6O4/c1-6-40-29-14-13-27(21-30(29)39(5)32(42)34(2,3)33(40)43)44-19-9-11-26-20-24(15-16-37-26)23-36-17-18-38(4)31(41)28-12-8-7-10-25(28)22-35/h7-8,10,12-16,20-21,36H,6,9,11,17-19,23H2,1-5H3. The zero-order valence-electron chi connectivity index (χ0n) is 26.1. The summed E-state index contributed by atoms with van der Waals surface area (Å²) in [5, 5.41) is 12.6. The van der Waals surface area contributed by atoms with Crippen molar-refractivity contribution < 1.29 is 19.1 Å². The van der Waals surface area contributed by atoms with E-state index < -0.39 is 5.41 Å². The molecule has 0 aliphatic carbocycles. The van der Waals surface area contributed by atoms with Crippen LogP contribution in [0.15, 0.2) is 60.8 Å². The van der Waals surface area contributed by atoms with Crippen molar-refractivity contribution in [3.8, 4) is 11.8 Å². The van der Waals surface area contributed by atoms with Crippen molar-refractivity contribution in [1.29, 1.82) is 5.26 Å². The molecular formula is C34H40N6O4. The largest absolute Gasteiger partial charge is 0.494 e. The lowest BCUT2D eigenvalue weighted by molar-refractivity contribution is -0.137. The molecule has 2 aromatic carbocycles. The van der Waals surface area contributed by atoms with E-state index in [2.05, 4.69) is 22.4 Å². The van der Waals surface area contributed by atoms with Gasteiger partial charge in [0.25, 0.3) is 5.91 Å². The molecule has 0 spiro atoms. The predicted molar refractivity (Wildman–Crippen MR) is 170 cm³/mol. The van der Waals surface area contributed by atoms with Gasteiger partial charge >= 0.3 is 0 Å². The van der Waals surface area contributed by atoms with E-state index >= 15 is 0 Å². The van der Waals surface area contributed by atoms with Crippen LogP contribution in [-0.2, 0) is 22.6 Å². The van der Waals surface area contributed by atoms with Gasteiger partial charge in [-0.2, -0.15) is 5.26 Å². The zero-order chi connectivity index (χ0) is 31.9. The molecule has 1 aromatic heterocycles. The average molecular weight is 597 g/mol. The second-order valence-electron chi connectivity index (χ2n) is 11.4. The highest BCUT2D eigenvalue weighted by molar-refractivity contribution is 6.20. The van der Waals surface area contributed by atoms with Crippen LogP contribution < -0.4 is 19.9 Å². The molecule has 0 atom stereocenters. The molecule has 0 unspecified atom stereocenters. The fourth-order valence-corrected chi connectivity index (χ4v) is 5.24. The number of anilines is 2. The minimum Gasteiger partial charge on any atom is -0.494 e. The molecule has 0 radical (unpaired) electrons. The van der Waals surface area contributed by atoms with Crippen molar-refractivity contribution in [1.82, 2.24) is 15.2 Å². The molecule has 10 heteroatoms. The Labute approximate surface area is 259 Å². The first-order valence-corrected chi connectivity index (χ1v) is 14.8. The number of benzene rings is 2. The summed E-state index contributed by atoms with van der Waals surface area (Å²) in [4.78, 5) is 48.2. The van der Waals surface area contributed by atoms with Gasteiger partial charge in [0.05, 0.1) is 35.2 Å². The van der Waals surface area contributed by atoms with E-state index in [-0.39, 0.29) is 17.7 Å². The lowest BCUT2D eigenvalue weighted by atomic mass is 9.90. The van der Waals surface area contributed by atoms with Crippen LogP contribution in [0.3, 0.4) is 0 Å². The van der Waals surface area contributed by atoms with Crippen molar-refractivity contribution in [2.24, 2.45) is 5.41 Å². The smallest absolute Gasteiger partial charge is 0.254 e. The maximum atomic E-state index is 13.1. The van der Waals surface area contributed by atoms with E-state index in [4.69, 9.17) is 4.74 Å². The molecule has 0 bridgehead atoms. The third kappa shape index (κ3) is 7.06. The van der Waals surface area contributed by atoms with Gasteiger partial charge in [-0.3, -0.25) is 19.4 Å². The van der Waals surface area contributed by atoms with Gasteiger partial charge < -0.3 is 24.8 Å². The summed E-state index contributed by atoms with van der Waals surface area (Å²) in [5.74, 6) is -0.00296. The predicted octanol–water partition coefficient (Wildman–Crippen LogP) is 4.18. The first-order valence-electron chi connectivity index (χ1n) is 14.8. The Kier molecular flexibility index (Phi) is 10.3. The number of aromatic nitrogens is 1. The number of aryl methyl sites for hydroxylation is 1. The van der Waals surface area contributed by atoms with Crippen molar-refractivity contribution in [2.75, 3.05) is 50.1 Å². The van der Waals surface area contributed by atoms with Gasteiger partial charge in [0.15, 0.2) is 0 Å². The maximum Gasteiger partial charge on any atom is 0.254 e. The summed E-state index contributed by atoms with van der Waals surface area (Å²) >= 11 is 0. The normalized spacial score (nSPS) is 14.1. The Morgan fingerprint density at radius 1 is 1.09 bits per heavy atom. The lowest BCUT2D eigenvalue weighted by Crippen LogP contribution is -2.47. The number of pyridine rings is 1. The molecule has 1 aliphatic rings. The molecule has 0 saturated heterocycles. The van der Waals surface area contributed by atoms with Crippen LogP contribution >= 0.6 is 0 Å². The van der Waals surface area contributed by atoms with Gasteiger partial charge in [-0.1, -0.05) is 12.1 Å². The average Bonchev–Trinajstić information content (AvgIpc) is 3.09. The number of nitriles is 1. The molecule has 1 N–H and O–H groups in total. The number of nitrogens with one attached hydrogen (secondary N) is 1. The summed E-state index contributed by atoms with van der Waals surface area (Å²) in [5.41, 5.74) is 3.04. The Hall–Kier alpha value is -4.75. The van der Waals surface area contributed by atoms with Crippen molar-refractivity contribution in [2.45, 2.75) is 40.2 Å². The van der Waals surface area contributed by atoms with E-state index in [0.29, 0.717) is 61.0 Å². The minimum absolute atomic E-state index is 0.175. The van der Waals surface area contributed by atoms with E-state index in [9.17, 15) is 19.6 Å². The molecule has 3 amide bonds. The minimum atomic E-state index is -1.15. The van der Waals surface area contributed by atoms with Crippen LogP contribution in [0.2, 0.25) is 0 Å². The fraction of sp³-hybridized carbons (Fsp3) is 0.382. The van der Waals surface area contributed by atoms with E-state index in [0.717, 1.165) is 24.1 Å². The van der Waals surface area contributed by atoms with Crippen LogP contribution in [-0.4, -0.2) is 67.9 Å². The van der Waals surface area contributed by atoms with Crippen molar-refractivity contribution >= 4 is 29.1 Å². The number of ether oxygens (including phenoxy) is 1. The van der Waals surface area contributed by atoms with Gasteiger partial charge in [-0.15, -0.1) is 0 Å². The third-order valence-electron chi connectivity index (χ3n) is 7.84. The van der Waals surface area contributed by atoms with Gasteiger partial charge in [-0.05, 0) is 75.6 Å². The highest BCUT2D eigenvalue weighted by Crippen LogP contribution is 2.40. The molecule has 44 heavy (non-hydrogen) atoms. The molecule has 2 heterocycles. The number of fused-ring (bicyclic) bond motifs is 1. The molecule has 10 nitrogen and oxygen atoms in total. The number of likely N-dealkylation sites (N-methyl/N-ethyl adjacent to an activating group) is 1. The number of rotatable bonds is 12. The van der Waals surface area contributed by atoms with Crippen LogP contribution in [0, 0.1) is 16.7 Å².